The van der Waals surface area contributed by atoms with Crippen LogP contribution in [0.2, 0.25) is 0 Å². The van der Waals surface area contributed by atoms with E-state index in [0.29, 0.717) is 33.0 Å². The van der Waals surface area contributed by atoms with E-state index >= 15 is 0 Å². The summed E-state index contributed by atoms with van der Waals surface area (Å²) in [7, 11) is 0. The van der Waals surface area contributed by atoms with Crippen molar-refractivity contribution in [1.29, 1.82) is 10.5 Å². The van der Waals surface area contributed by atoms with Crippen molar-refractivity contribution in [2.75, 3.05) is 18.1 Å². The van der Waals surface area contributed by atoms with Crippen LogP contribution in [-0.4, -0.2) is 16.6 Å². The maximum atomic E-state index is 9.87. The van der Waals surface area contributed by atoms with Gasteiger partial charge in [0.1, 0.15) is 34.3 Å². The number of nitrogens with zero attached hydrogens (tertiary/aromatic N) is 4. The number of benzene rings is 1. The molecule has 150 valence electrons. The van der Waals surface area contributed by atoms with Gasteiger partial charge in [0.15, 0.2) is 5.13 Å². The number of thioether (sulfide) groups is 1. The normalized spacial score (nSPS) is 12.9. The number of rotatable bonds is 7. The number of thiazole rings is 1. The van der Waals surface area contributed by atoms with Gasteiger partial charge in [-0.15, -0.1) is 11.3 Å². The molecule has 4 N–H and O–H groups in total. The lowest BCUT2D eigenvalue weighted by molar-refractivity contribution is 0.300. The van der Waals surface area contributed by atoms with E-state index in [-0.39, 0.29) is 11.4 Å². The molecule has 4 rings (SSSR count). The standard InChI is InChI=1S/C21H18N6OS2/c22-7-16-18(13-3-5-15(6-4-13)28-9-12-1-2-12)17(8-23)20(27-19(16)24)29-10-14-11-30-21(25)26-14/h3-6,11-12H,1-2,9-10H2,(H2,24,27)(H2,25,26). The lowest BCUT2D eigenvalue weighted by Gasteiger charge is -2.13. The third kappa shape index (κ3) is 4.33. The van der Waals surface area contributed by atoms with Crippen LogP contribution in [0.4, 0.5) is 10.9 Å². The van der Waals surface area contributed by atoms with E-state index < -0.39 is 0 Å². The first-order valence-corrected chi connectivity index (χ1v) is 11.1. The van der Waals surface area contributed by atoms with Gasteiger partial charge in [0, 0.05) is 16.7 Å². The smallest absolute Gasteiger partial charge is 0.180 e. The highest BCUT2D eigenvalue weighted by Gasteiger charge is 2.23. The van der Waals surface area contributed by atoms with E-state index in [0.717, 1.165) is 23.6 Å². The predicted octanol–water partition coefficient (Wildman–Crippen LogP) is 4.19. The number of nitriles is 2. The molecule has 0 saturated heterocycles. The van der Waals surface area contributed by atoms with E-state index in [9.17, 15) is 10.5 Å². The Morgan fingerprint density at radius 1 is 1.10 bits per heavy atom. The lowest BCUT2D eigenvalue weighted by atomic mass is 9.97. The SMILES string of the molecule is N#Cc1c(N)nc(SCc2csc(N)n2)c(C#N)c1-c1ccc(OCC2CC2)cc1. The van der Waals surface area contributed by atoms with E-state index in [1.807, 2.05) is 29.6 Å². The summed E-state index contributed by atoms with van der Waals surface area (Å²) in [6.07, 6.45) is 2.44. The summed E-state index contributed by atoms with van der Waals surface area (Å²) in [4.78, 5) is 8.54. The van der Waals surface area contributed by atoms with E-state index in [1.54, 1.807) is 0 Å². The number of pyridine rings is 1. The van der Waals surface area contributed by atoms with Crippen molar-refractivity contribution in [3.63, 3.8) is 0 Å². The molecule has 0 atom stereocenters. The number of nitrogen functional groups attached to an aromatic ring is 2. The number of hydrogen-bond acceptors (Lipinski definition) is 9. The molecule has 30 heavy (non-hydrogen) atoms. The Balaban J connectivity index is 1.67. The minimum absolute atomic E-state index is 0.0980. The van der Waals surface area contributed by atoms with E-state index in [2.05, 4.69) is 22.1 Å². The van der Waals surface area contributed by atoms with Crippen molar-refractivity contribution in [2.45, 2.75) is 23.6 Å². The zero-order valence-electron chi connectivity index (χ0n) is 16.0. The number of anilines is 2. The van der Waals surface area contributed by atoms with Crippen molar-refractivity contribution in [2.24, 2.45) is 5.92 Å². The maximum Gasteiger partial charge on any atom is 0.180 e. The van der Waals surface area contributed by atoms with Gasteiger partial charge in [-0.3, -0.25) is 0 Å². The Morgan fingerprint density at radius 2 is 1.83 bits per heavy atom. The molecular formula is C21H18N6OS2. The third-order valence-corrected chi connectivity index (χ3v) is 6.40. The molecule has 0 unspecified atom stereocenters. The molecule has 7 nitrogen and oxygen atoms in total. The highest BCUT2D eigenvalue weighted by molar-refractivity contribution is 7.98. The van der Waals surface area contributed by atoms with Gasteiger partial charge < -0.3 is 16.2 Å². The van der Waals surface area contributed by atoms with E-state index in [4.69, 9.17) is 16.2 Å². The molecule has 0 radical (unpaired) electrons. The Morgan fingerprint density at radius 3 is 2.43 bits per heavy atom. The summed E-state index contributed by atoms with van der Waals surface area (Å²) in [5.74, 6) is 2.02. The molecule has 2 heterocycles. The second kappa shape index (κ2) is 8.62. The lowest BCUT2D eigenvalue weighted by Crippen LogP contribution is -2.03. The second-order valence-corrected chi connectivity index (χ2v) is 8.75. The number of nitrogens with two attached hydrogens (primary N) is 2. The minimum atomic E-state index is 0.0980. The number of hydrogen-bond donors (Lipinski definition) is 2. The van der Waals surface area contributed by atoms with Crippen LogP contribution in [0.5, 0.6) is 5.75 Å². The second-order valence-electron chi connectivity index (χ2n) is 6.90. The van der Waals surface area contributed by atoms with Crippen molar-refractivity contribution in [3.8, 4) is 29.0 Å². The molecule has 1 saturated carbocycles. The molecule has 1 aromatic carbocycles. The van der Waals surface area contributed by atoms with Gasteiger partial charge in [-0.1, -0.05) is 23.9 Å². The summed E-state index contributed by atoms with van der Waals surface area (Å²) < 4.78 is 5.78. The van der Waals surface area contributed by atoms with Crippen LogP contribution in [0.1, 0.15) is 29.7 Å². The highest BCUT2D eigenvalue weighted by Crippen LogP contribution is 2.37. The Bertz CT molecular complexity index is 1160. The zero-order valence-corrected chi connectivity index (χ0v) is 17.6. The van der Waals surface area contributed by atoms with Crippen LogP contribution < -0.4 is 16.2 Å². The first kappa shape index (κ1) is 20.0. The molecule has 3 aromatic rings. The van der Waals surface area contributed by atoms with Crippen LogP contribution in [-0.2, 0) is 5.75 Å². The largest absolute Gasteiger partial charge is 0.493 e. The van der Waals surface area contributed by atoms with Gasteiger partial charge in [-0.25, -0.2) is 9.97 Å². The zero-order chi connectivity index (χ0) is 21.1. The summed E-state index contributed by atoms with van der Waals surface area (Å²) in [6.45, 7) is 0.719. The Kier molecular flexibility index (Phi) is 5.75. The Hall–Kier alpha value is -3.27. The molecule has 0 bridgehead atoms. The summed E-state index contributed by atoms with van der Waals surface area (Å²) in [6, 6.07) is 11.7. The Labute approximate surface area is 182 Å². The quantitative estimate of drug-likeness (QED) is 0.528. The van der Waals surface area contributed by atoms with Gasteiger partial charge in [-0.2, -0.15) is 10.5 Å². The molecular weight excluding hydrogens is 416 g/mol. The molecule has 1 aliphatic carbocycles. The topological polar surface area (TPSA) is 135 Å². The van der Waals surface area contributed by atoms with Gasteiger partial charge in [0.2, 0.25) is 0 Å². The van der Waals surface area contributed by atoms with Crippen LogP contribution >= 0.6 is 23.1 Å². The monoisotopic (exact) mass is 434 g/mol. The van der Waals surface area contributed by atoms with Crippen molar-refractivity contribution in [1.82, 2.24) is 9.97 Å². The van der Waals surface area contributed by atoms with Gasteiger partial charge in [0.25, 0.3) is 0 Å². The van der Waals surface area contributed by atoms with Crippen molar-refractivity contribution in [3.05, 3.63) is 46.5 Å². The molecule has 0 spiro atoms. The first-order chi connectivity index (χ1) is 14.6. The number of ether oxygens (including phenoxy) is 1. The average molecular weight is 435 g/mol. The highest BCUT2D eigenvalue weighted by atomic mass is 32.2. The van der Waals surface area contributed by atoms with Crippen LogP contribution in [0.25, 0.3) is 11.1 Å². The van der Waals surface area contributed by atoms with Crippen LogP contribution in [0, 0.1) is 28.6 Å². The summed E-state index contributed by atoms with van der Waals surface area (Å²) >= 11 is 2.70. The fraction of sp³-hybridized carbons (Fsp3) is 0.238. The third-order valence-electron chi connectivity index (χ3n) is 4.67. The molecule has 2 aromatic heterocycles. The minimum Gasteiger partial charge on any atom is -0.493 e. The van der Waals surface area contributed by atoms with E-state index in [1.165, 1.54) is 35.9 Å². The van der Waals surface area contributed by atoms with Crippen molar-refractivity contribution >= 4 is 34.0 Å². The molecule has 1 aliphatic rings. The maximum absolute atomic E-state index is 9.87. The molecule has 0 amide bonds. The van der Waals surface area contributed by atoms with Gasteiger partial charge >= 0.3 is 0 Å². The average Bonchev–Trinajstić information content (AvgIpc) is 3.50. The summed E-state index contributed by atoms with van der Waals surface area (Å²) in [5, 5.41) is 22.3. The van der Waals surface area contributed by atoms with Crippen LogP contribution in [0.15, 0.2) is 34.7 Å². The summed E-state index contributed by atoms with van der Waals surface area (Å²) in [5.41, 5.74) is 14.3. The van der Waals surface area contributed by atoms with Crippen LogP contribution in [0.3, 0.4) is 0 Å². The number of aromatic nitrogens is 2. The molecule has 9 heteroatoms. The molecule has 1 fully saturated rings. The van der Waals surface area contributed by atoms with Gasteiger partial charge in [0.05, 0.1) is 17.9 Å². The van der Waals surface area contributed by atoms with Crippen molar-refractivity contribution < 1.29 is 4.74 Å². The first-order valence-electron chi connectivity index (χ1n) is 9.28. The molecule has 0 aliphatic heterocycles. The predicted molar refractivity (Wildman–Crippen MR) is 118 cm³/mol. The fourth-order valence-electron chi connectivity index (χ4n) is 2.94. The van der Waals surface area contributed by atoms with Gasteiger partial charge in [-0.05, 0) is 36.5 Å². The fourth-order valence-corrected chi connectivity index (χ4v) is 4.49.